The number of nitrogen functional groups attached to an aromatic ring is 1. The van der Waals surface area contributed by atoms with Crippen LogP contribution in [0.5, 0.6) is 0 Å². The van der Waals surface area contributed by atoms with Gasteiger partial charge in [-0.05, 0) is 24.6 Å². The van der Waals surface area contributed by atoms with Crippen LogP contribution in [0.1, 0.15) is 6.42 Å². The van der Waals surface area contributed by atoms with Crippen LogP contribution in [0.25, 0.3) is 0 Å². The average molecular weight is 224 g/mol. The summed E-state index contributed by atoms with van der Waals surface area (Å²) in [7, 11) is 0. The van der Waals surface area contributed by atoms with Gasteiger partial charge in [-0.25, -0.2) is 4.39 Å². The zero-order valence-electron chi connectivity index (χ0n) is 9.21. The average Bonchev–Trinajstić information content (AvgIpc) is 2.22. The molecule has 3 N–H and O–H groups in total. The Morgan fingerprint density at radius 1 is 1.38 bits per heavy atom. The van der Waals surface area contributed by atoms with Gasteiger partial charge in [-0.1, -0.05) is 6.08 Å². The fourth-order valence-electron chi connectivity index (χ4n) is 1.25. The quantitative estimate of drug-likeness (QED) is 0.425. The van der Waals surface area contributed by atoms with E-state index in [0.717, 1.165) is 6.42 Å². The molecule has 1 rings (SSSR count). The molecule has 0 aromatic heterocycles. The van der Waals surface area contributed by atoms with Crippen molar-refractivity contribution >= 4 is 11.4 Å². The van der Waals surface area contributed by atoms with Crippen LogP contribution in [0.2, 0.25) is 0 Å². The van der Waals surface area contributed by atoms with Crippen LogP contribution in [-0.4, -0.2) is 19.8 Å². The first-order valence-corrected chi connectivity index (χ1v) is 5.21. The third-order valence-corrected chi connectivity index (χ3v) is 1.96. The van der Waals surface area contributed by atoms with Gasteiger partial charge in [0.05, 0.1) is 13.2 Å². The first-order valence-electron chi connectivity index (χ1n) is 5.21. The van der Waals surface area contributed by atoms with Crippen LogP contribution in [0, 0.1) is 5.82 Å². The molecule has 3 nitrogen and oxygen atoms in total. The van der Waals surface area contributed by atoms with Crippen LogP contribution in [0.3, 0.4) is 0 Å². The maximum absolute atomic E-state index is 12.9. The van der Waals surface area contributed by atoms with E-state index < -0.39 is 0 Å². The summed E-state index contributed by atoms with van der Waals surface area (Å²) < 4.78 is 18.2. The number of anilines is 2. The number of benzene rings is 1. The summed E-state index contributed by atoms with van der Waals surface area (Å²) in [4.78, 5) is 0. The van der Waals surface area contributed by atoms with Crippen LogP contribution < -0.4 is 11.1 Å². The van der Waals surface area contributed by atoms with Gasteiger partial charge < -0.3 is 15.8 Å². The molecule has 0 heterocycles. The molecule has 0 radical (unpaired) electrons. The molecule has 0 amide bonds. The summed E-state index contributed by atoms with van der Waals surface area (Å²) in [5, 5.41) is 3.03. The summed E-state index contributed by atoms with van der Waals surface area (Å²) in [6.07, 6.45) is 2.65. The van der Waals surface area contributed by atoms with Crippen molar-refractivity contribution in [2.75, 3.05) is 30.8 Å². The number of hydrogen-bond acceptors (Lipinski definition) is 3. The Kier molecular flexibility index (Phi) is 5.36. The molecular formula is C12H17FN2O. The zero-order chi connectivity index (χ0) is 11.8. The monoisotopic (exact) mass is 224 g/mol. The second-order valence-corrected chi connectivity index (χ2v) is 3.39. The predicted molar refractivity (Wildman–Crippen MR) is 64.9 cm³/mol. The Labute approximate surface area is 95.1 Å². The molecule has 16 heavy (non-hydrogen) atoms. The third kappa shape index (κ3) is 4.79. The topological polar surface area (TPSA) is 47.3 Å². The minimum Gasteiger partial charge on any atom is -0.399 e. The van der Waals surface area contributed by atoms with Crippen molar-refractivity contribution in [1.29, 1.82) is 0 Å². The first kappa shape index (κ1) is 12.5. The van der Waals surface area contributed by atoms with Crippen LogP contribution in [0.15, 0.2) is 30.9 Å². The van der Waals surface area contributed by atoms with Crippen molar-refractivity contribution in [1.82, 2.24) is 0 Å². The standard InChI is InChI=1S/C12H17FN2O/c1-2-3-5-16-6-4-15-12-8-10(13)7-11(14)9-12/h2,7-9,15H,1,3-6,14H2. The van der Waals surface area contributed by atoms with Gasteiger partial charge in [-0.15, -0.1) is 6.58 Å². The van der Waals surface area contributed by atoms with E-state index in [4.69, 9.17) is 10.5 Å². The molecule has 0 unspecified atom stereocenters. The third-order valence-electron chi connectivity index (χ3n) is 1.96. The predicted octanol–water partition coefficient (Wildman–Crippen LogP) is 2.41. The minimum absolute atomic E-state index is 0.338. The molecule has 0 atom stereocenters. The van der Waals surface area contributed by atoms with Crippen molar-refractivity contribution in [3.63, 3.8) is 0 Å². The lowest BCUT2D eigenvalue weighted by Crippen LogP contribution is -2.10. The number of hydrogen-bond donors (Lipinski definition) is 2. The Hall–Kier alpha value is -1.55. The molecule has 0 saturated heterocycles. The molecule has 1 aromatic rings. The highest BCUT2D eigenvalue weighted by atomic mass is 19.1. The Balaban J connectivity index is 2.23. The van der Waals surface area contributed by atoms with Gasteiger partial charge in [-0.3, -0.25) is 0 Å². The van der Waals surface area contributed by atoms with Gasteiger partial charge in [0.2, 0.25) is 0 Å². The van der Waals surface area contributed by atoms with E-state index >= 15 is 0 Å². The van der Waals surface area contributed by atoms with E-state index in [0.29, 0.717) is 31.1 Å². The zero-order valence-corrected chi connectivity index (χ0v) is 9.21. The van der Waals surface area contributed by atoms with E-state index in [-0.39, 0.29) is 5.82 Å². The van der Waals surface area contributed by atoms with Gasteiger partial charge >= 0.3 is 0 Å². The van der Waals surface area contributed by atoms with Crippen molar-refractivity contribution in [3.8, 4) is 0 Å². The lowest BCUT2D eigenvalue weighted by atomic mass is 10.2. The minimum atomic E-state index is -0.338. The van der Waals surface area contributed by atoms with E-state index in [1.807, 2.05) is 0 Å². The molecule has 1 aromatic carbocycles. The van der Waals surface area contributed by atoms with Gasteiger partial charge in [0.15, 0.2) is 0 Å². The Morgan fingerprint density at radius 3 is 2.88 bits per heavy atom. The van der Waals surface area contributed by atoms with Crippen LogP contribution >= 0.6 is 0 Å². The van der Waals surface area contributed by atoms with Crippen molar-refractivity contribution in [2.45, 2.75) is 6.42 Å². The molecule has 0 saturated carbocycles. The Bertz CT molecular complexity index is 322. The lowest BCUT2D eigenvalue weighted by Gasteiger charge is -2.07. The fraction of sp³-hybridized carbons (Fsp3) is 0.333. The summed E-state index contributed by atoms with van der Waals surface area (Å²) in [5.74, 6) is -0.338. The van der Waals surface area contributed by atoms with Crippen LogP contribution in [0.4, 0.5) is 15.8 Å². The van der Waals surface area contributed by atoms with Gasteiger partial charge in [0, 0.05) is 17.9 Å². The lowest BCUT2D eigenvalue weighted by molar-refractivity contribution is 0.149. The first-order chi connectivity index (χ1) is 7.72. The molecule has 0 bridgehead atoms. The van der Waals surface area contributed by atoms with Crippen molar-refractivity contribution in [3.05, 3.63) is 36.7 Å². The molecule has 88 valence electrons. The molecule has 0 spiro atoms. The fourth-order valence-corrected chi connectivity index (χ4v) is 1.25. The highest BCUT2D eigenvalue weighted by Crippen LogP contribution is 2.14. The molecule has 0 fully saturated rings. The number of rotatable bonds is 7. The Morgan fingerprint density at radius 2 is 2.19 bits per heavy atom. The van der Waals surface area contributed by atoms with Crippen molar-refractivity contribution < 1.29 is 9.13 Å². The smallest absolute Gasteiger partial charge is 0.127 e. The maximum atomic E-state index is 12.9. The van der Waals surface area contributed by atoms with E-state index in [9.17, 15) is 4.39 Å². The molecular weight excluding hydrogens is 207 g/mol. The molecule has 4 heteroatoms. The van der Waals surface area contributed by atoms with Gasteiger partial charge in [0.1, 0.15) is 5.82 Å². The summed E-state index contributed by atoms with van der Waals surface area (Å²) in [6, 6.07) is 4.37. The van der Waals surface area contributed by atoms with Crippen LogP contribution in [-0.2, 0) is 4.74 Å². The maximum Gasteiger partial charge on any atom is 0.127 e. The molecule has 0 aliphatic rings. The number of nitrogens with two attached hydrogens (primary N) is 1. The van der Waals surface area contributed by atoms with E-state index in [1.165, 1.54) is 12.1 Å². The number of ether oxygens (including phenoxy) is 1. The largest absolute Gasteiger partial charge is 0.399 e. The van der Waals surface area contributed by atoms with E-state index in [1.54, 1.807) is 12.1 Å². The highest BCUT2D eigenvalue weighted by Gasteiger charge is 1.97. The molecule has 0 aliphatic carbocycles. The van der Waals surface area contributed by atoms with Crippen molar-refractivity contribution in [2.24, 2.45) is 0 Å². The highest BCUT2D eigenvalue weighted by molar-refractivity contribution is 5.54. The normalized spacial score (nSPS) is 10.1. The van der Waals surface area contributed by atoms with Gasteiger partial charge in [0.25, 0.3) is 0 Å². The van der Waals surface area contributed by atoms with Gasteiger partial charge in [-0.2, -0.15) is 0 Å². The number of nitrogens with one attached hydrogen (secondary N) is 1. The molecule has 0 aliphatic heterocycles. The summed E-state index contributed by atoms with van der Waals surface area (Å²) >= 11 is 0. The second kappa shape index (κ2) is 6.85. The summed E-state index contributed by atoms with van der Waals surface area (Å²) in [5.41, 5.74) is 6.59. The second-order valence-electron chi connectivity index (χ2n) is 3.39. The number of halogens is 1. The summed E-state index contributed by atoms with van der Waals surface area (Å²) in [6.45, 7) is 5.46. The SMILES string of the molecule is C=CCCOCCNc1cc(N)cc(F)c1. The van der Waals surface area contributed by atoms with E-state index in [2.05, 4.69) is 11.9 Å².